The molecule has 1 heterocycles. The average molecular weight is 261 g/mol. The monoisotopic (exact) mass is 261 g/mol. The summed E-state index contributed by atoms with van der Waals surface area (Å²) < 4.78 is 1.88. The maximum absolute atomic E-state index is 6.17. The Labute approximate surface area is 112 Å². The lowest BCUT2D eigenvalue weighted by Crippen LogP contribution is -1.93. The molecule has 0 bridgehead atoms. The summed E-state index contributed by atoms with van der Waals surface area (Å²) >= 11 is 1.68. The Kier molecular flexibility index (Phi) is 3.97. The Morgan fingerprint density at radius 2 is 2.17 bits per heavy atom. The van der Waals surface area contributed by atoms with Crippen LogP contribution in [0.5, 0.6) is 0 Å². The van der Waals surface area contributed by atoms with Gasteiger partial charge in [-0.25, -0.2) is 0 Å². The molecule has 2 aromatic rings. The lowest BCUT2D eigenvalue weighted by Gasteiger charge is -2.04. The van der Waals surface area contributed by atoms with Crippen molar-refractivity contribution in [2.24, 2.45) is 7.05 Å². The summed E-state index contributed by atoms with van der Waals surface area (Å²) in [4.78, 5) is 1.20. The fraction of sp³-hybridized carbons (Fsp3) is 0.357. The van der Waals surface area contributed by atoms with E-state index in [-0.39, 0.29) is 0 Å². The van der Waals surface area contributed by atoms with Gasteiger partial charge >= 0.3 is 0 Å². The van der Waals surface area contributed by atoms with E-state index in [0.717, 1.165) is 29.2 Å². The highest BCUT2D eigenvalue weighted by Gasteiger charge is 2.13. The van der Waals surface area contributed by atoms with Gasteiger partial charge in [0.25, 0.3) is 0 Å². The number of hydrogen-bond donors (Lipinski definition) is 1. The fourth-order valence-corrected chi connectivity index (χ4v) is 2.93. The predicted molar refractivity (Wildman–Crippen MR) is 76.9 cm³/mol. The van der Waals surface area contributed by atoms with Crippen LogP contribution in [0.15, 0.2) is 34.2 Å². The minimum absolute atomic E-state index is 0.825. The van der Waals surface area contributed by atoms with Crippen molar-refractivity contribution >= 4 is 17.4 Å². The van der Waals surface area contributed by atoms with Gasteiger partial charge in [0.2, 0.25) is 0 Å². The number of nitrogens with two attached hydrogens (primary N) is 1. The van der Waals surface area contributed by atoms with E-state index in [9.17, 15) is 0 Å². The third kappa shape index (κ3) is 2.70. The van der Waals surface area contributed by atoms with Crippen LogP contribution in [0.2, 0.25) is 0 Å². The van der Waals surface area contributed by atoms with Crippen molar-refractivity contribution in [3.63, 3.8) is 0 Å². The minimum atomic E-state index is 0.825. The molecule has 0 spiro atoms. The Morgan fingerprint density at radius 1 is 1.39 bits per heavy atom. The molecule has 1 aromatic heterocycles. The lowest BCUT2D eigenvalue weighted by atomic mass is 10.2. The molecule has 0 unspecified atom stereocenters. The van der Waals surface area contributed by atoms with Gasteiger partial charge in [0, 0.05) is 11.9 Å². The Bertz CT molecular complexity index is 546. The number of hydrogen-bond acceptors (Lipinski definition) is 3. The highest BCUT2D eigenvalue weighted by Crippen LogP contribution is 2.34. The first-order valence-corrected chi connectivity index (χ1v) is 6.99. The normalized spacial score (nSPS) is 10.8. The highest BCUT2D eigenvalue weighted by molar-refractivity contribution is 7.99. The lowest BCUT2D eigenvalue weighted by molar-refractivity contribution is 0.682. The summed E-state index contributed by atoms with van der Waals surface area (Å²) in [6.07, 6.45) is 2.00. The molecule has 0 aliphatic rings. The van der Waals surface area contributed by atoms with E-state index >= 15 is 0 Å². The molecule has 2 rings (SSSR count). The third-order valence-corrected chi connectivity index (χ3v) is 3.96. The summed E-state index contributed by atoms with van der Waals surface area (Å²) in [7, 11) is 1.95. The Morgan fingerprint density at radius 3 is 2.83 bits per heavy atom. The van der Waals surface area contributed by atoms with E-state index in [1.54, 1.807) is 11.8 Å². The second-order valence-corrected chi connectivity index (χ2v) is 5.52. The molecule has 0 atom stereocenters. The first-order chi connectivity index (χ1) is 8.61. The molecule has 0 aliphatic carbocycles. The van der Waals surface area contributed by atoms with E-state index in [4.69, 9.17) is 5.73 Å². The zero-order valence-electron chi connectivity index (χ0n) is 11.1. The molecule has 4 heteroatoms. The van der Waals surface area contributed by atoms with Crippen molar-refractivity contribution in [2.45, 2.75) is 36.6 Å². The number of rotatable bonds is 4. The highest BCUT2D eigenvalue weighted by atomic mass is 32.2. The molecular formula is C14H19N3S. The maximum atomic E-state index is 6.17. The molecule has 0 amide bonds. The zero-order chi connectivity index (χ0) is 13.1. The smallest absolute Gasteiger partial charge is 0.122 e. The summed E-state index contributed by atoms with van der Waals surface area (Å²) in [6.45, 7) is 4.24. The van der Waals surface area contributed by atoms with Crippen molar-refractivity contribution in [3.8, 4) is 0 Å². The van der Waals surface area contributed by atoms with Crippen LogP contribution in [-0.2, 0) is 13.5 Å². The van der Waals surface area contributed by atoms with Crippen LogP contribution in [0.3, 0.4) is 0 Å². The van der Waals surface area contributed by atoms with Crippen LogP contribution in [0.4, 0.5) is 5.69 Å². The molecule has 1 aromatic carbocycles. The molecule has 0 fully saturated rings. The number of nitrogen functional groups attached to an aromatic ring is 1. The molecule has 18 heavy (non-hydrogen) atoms. The van der Waals surface area contributed by atoms with E-state index < -0.39 is 0 Å². The number of nitrogens with zero attached hydrogens (tertiary/aromatic N) is 2. The van der Waals surface area contributed by atoms with Gasteiger partial charge in [-0.1, -0.05) is 42.8 Å². The average Bonchev–Trinajstić information content (AvgIpc) is 2.58. The third-order valence-electron chi connectivity index (χ3n) is 2.80. The molecule has 3 nitrogen and oxygen atoms in total. The van der Waals surface area contributed by atoms with Crippen molar-refractivity contribution < 1.29 is 0 Å². The molecule has 0 saturated carbocycles. The maximum Gasteiger partial charge on any atom is 0.122 e. The topological polar surface area (TPSA) is 43.8 Å². The number of aromatic nitrogens is 2. The van der Waals surface area contributed by atoms with Gasteiger partial charge in [0.05, 0.1) is 11.4 Å². The molecular weight excluding hydrogens is 242 g/mol. The zero-order valence-corrected chi connectivity index (χ0v) is 11.9. The Hall–Kier alpha value is -1.42. The van der Waals surface area contributed by atoms with Gasteiger partial charge in [0.15, 0.2) is 0 Å². The van der Waals surface area contributed by atoms with Gasteiger partial charge in [-0.3, -0.25) is 4.68 Å². The van der Waals surface area contributed by atoms with Crippen LogP contribution in [0.1, 0.15) is 24.6 Å². The van der Waals surface area contributed by atoms with Crippen molar-refractivity contribution in [1.82, 2.24) is 9.78 Å². The summed E-state index contributed by atoms with van der Waals surface area (Å²) in [5.74, 6) is 0. The molecule has 0 radical (unpaired) electrons. The van der Waals surface area contributed by atoms with Crippen LogP contribution in [0.25, 0.3) is 0 Å². The van der Waals surface area contributed by atoms with Crippen molar-refractivity contribution in [3.05, 3.63) is 35.5 Å². The molecule has 0 saturated heterocycles. The van der Waals surface area contributed by atoms with Crippen LogP contribution >= 0.6 is 11.8 Å². The van der Waals surface area contributed by atoms with E-state index in [1.807, 2.05) is 11.7 Å². The van der Waals surface area contributed by atoms with Crippen molar-refractivity contribution in [2.75, 3.05) is 5.73 Å². The largest absolute Gasteiger partial charge is 0.395 e. The van der Waals surface area contributed by atoms with Gasteiger partial charge in [-0.2, -0.15) is 5.10 Å². The van der Waals surface area contributed by atoms with E-state index in [2.05, 4.69) is 43.2 Å². The van der Waals surface area contributed by atoms with Crippen LogP contribution in [-0.4, -0.2) is 9.78 Å². The molecule has 96 valence electrons. The second-order valence-electron chi connectivity index (χ2n) is 4.46. The quantitative estimate of drug-likeness (QED) is 0.917. The first-order valence-electron chi connectivity index (χ1n) is 6.17. The predicted octanol–water partition coefficient (Wildman–Crippen LogP) is 3.41. The number of benzene rings is 1. The first kappa shape index (κ1) is 13.0. The Balaban J connectivity index is 2.29. The number of aryl methyl sites for hydroxylation is 3. The molecule has 2 N–H and O–H groups in total. The fourth-order valence-electron chi connectivity index (χ4n) is 1.91. The van der Waals surface area contributed by atoms with Crippen molar-refractivity contribution in [1.29, 1.82) is 0 Å². The van der Waals surface area contributed by atoms with Gasteiger partial charge in [-0.15, -0.1) is 0 Å². The van der Waals surface area contributed by atoms with Crippen LogP contribution in [0, 0.1) is 6.92 Å². The standard InChI is InChI=1S/C14H19N3S/c1-4-6-12-13(15)14(17(3)16-12)18-11-8-5-7-10(2)9-11/h5,7-9H,4,6,15H2,1-3H3. The number of anilines is 1. The van der Waals surface area contributed by atoms with E-state index in [0.29, 0.717) is 0 Å². The van der Waals surface area contributed by atoms with Gasteiger partial charge < -0.3 is 5.73 Å². The van der Waals surface area contributed by atoms with Gasteiger partial charge in [0.1, 0.15) is 5.03 Å². The molecule has 0 aliphatic heterocycles. The van der Waals surface area contributed by atoms with E-state index in [1.165, 1.54) is 10.5 Å². The second kappa shape index (κ2) is 5.48. The summed E-state index contributed by atoms with van der Waals surface area (Å²) in [6, 6.07) is 8.43. The summed E-state index contributed by atoms with van der Waals surface area (Å²) in [5.41, 5.74) is 9.27. The van der Waals surface area contributed by atoms with Crippen LogP contribution < -0.4 is 5.73 Å². The summed E-state index contributed by atoms with van der Waals surface area (Å²) in [5, 5.41) is 5.52. The van der Waals surface area contributed by atoms with Gasteiger partial charge in [-0.05, 0) is 25.5 Å². The minimum Gasteiger partial charge on any atom is -0.395 e. The SMILES string of the molecule is CCCc1nn(C)c(Sc2cccc(C)c2)c1N.